The Kier molecular flexibility index (Phi) is 7.76. The molecule has 1 unspecified atom stereocenters. The summed E-state index contributed by atoms with van der Waals surface area (Å²) in [7, 11) is 0. The summed E-state index contributed by atoms with van der Waals surface area (Å²) in [4.78, 5) is 11.0. The fourth-order valence-electron chi connectivity index (χ4n) is 1.20. The van der Waals surface area contributed by atoms with Crippen molar-refractivity contribution in [3.8, 4) is 0 Å². The zero-order chi connectivity index (χ0) is 10.1. The van der Waals surface area contributed by atoms with Gasteiger partial charge in [0.1, 0.15) is 0 Å². The van der Waals surface area contributed by atoms with Crippen molar-refractivity contribution in [3.63, 3.8) is 0 Å². The molecule has 1 N–H and O–H groups in total. The fourth-order valence-corrected chi connectivity index (χ4v) is 1.20. The van der Waals surface area contributed by atoms with E-state index in [4.69, 9.17) is 0 Å². The van der Waals surface area contributed by atoms with Crippen molar-refractivity contribution in [2.45, 2.75) is 52.9 Å². The predicted octanol–water partition coefficient (Wildman–Crippen LogP) is 2.73. The summed E-state index contributed by atoms with van der Waals surface area (Å²) in [5.41, 5.74) is 0. The first-order valence-electron chi connectivity index (χ1n) is 5.47. The topological polar surface area (TPSA) is 29.1 Å². The average Bonchev–Trinajstić information content (AvgIpc) is 2.12. The smallest absolute Gasteiger partial charge is 0.219 e. The largest absolute Gasteiger partial charge is 0.356 e. The van der Waals surface area contributed by atoms with Gasteiger partial charge >= 0.3 is 0 Å². The number of nitrogens with one attached hydrogen (secondary N) is 1. The fraction of sp³-hybridized carbons (Fsp3) is 0.909. The summed E-state index contributed by atoms with van der Waals surface area (Å²) in [5.74, 6) is 0.995. The van der Waals surface area contributed by atoms with E-state index < -0.39 is 0 Å². The van der Waals surface area contributed by atoms with Crippen LogP contribution >= 0.6 is 0 Å². The maximum Gasteiger partial charge on any atom is 0.219 e. The first-order valence-corrected chi connectivity index (χ1v) is 5.47. The zero-order valence-corrected chi connectivity index (χ0v) is 9.23. The normalized spacial score (nSPS) is 12.5. The standard InChI is InChI=1S/C11H23NO/c1-4-7-11(13)12-9-6-8-10(3)5-2/h10H,4-9H2,1-3H3,(H,12,13). The molecule has 0 heterocycles. The van der Waals surface area contributed by atoms with Crippen molar-refractivity contribution in [1.82, 2.24) is 5.32 Å². The van der Waals surface area contributed by atoms with Crippen LogP contribution in [-0.2, 0) is 4.79 Å². The molecule has 0 saturated heterocycles. The maximum absolute atomic E-state index is 11.0. The minimum absolute atomic E-state index is 0.201. The second-order valence-electron chi connectivity index (χ2n) is 3.76. The molecule has 0 radical (unpaired) electrons. The number of hydrogen-bond donors (Lipinski definition) is 1. The molecule has 0 rings (SSSR count). The molecule has 2 heteroatoms. The van der Waals surface area contributed by atoms with Gasteiger partial charge in [-0.3, -0.25) is 4.79 Å². The van der Waals surface area contributed by atoms with E-state index in [1.54, 1.807) is 0 Å². The van der Waals surface area contributed by atoms with Crippen LogP contribution < -0.4 is 5.32 Å². The Bertz CT molecular complexity index is 134. The molecule has 0 aliphatic carbocycles. The van der Waals surface area contributed by atoms with Crippen molar-refractivity contribution in [3.05, 3.63) is 0 Å². The highest BCUT2D eigenvalue weighted by molar-refractivity contribution is 5.75. The van der Waals surface area contributed by atoms with Crippen LogP contribution in [0.25, 0.3) is 0 Å². The van der Waals surface area contributed by atoms with Crippen LogP contribution in [0, 0.1) is 5.92 Å². The average molecular weight is 185 g/mol. The molecule has 0 fully saturated rings. The third-order valence-electron chi connectivity index (χ3n) is 2.37. The minimum Gasteiger partial charge on any atom is -0.356 e. The summed E-state index contributed by atoms with van der Waals surface area (Å²) < 4.78 is 0. The summed E-state index contributed by atoms with van der Waals surface area (Å²) in [6.07, 6.45) is 5.19. The van der Waals surface area contributed by atoms with Gasteiger partial charge in [0.15, 0.2) is 0 Å². The van der Waals surface area contributed by atoms with Gasteiger partial charge in [0.2, 0.25) is 5.91 Å². The van der Waals surface area contributed by atoms with Crippen LogP contribution in [0.1, 0.15) is 52.9 Å². The monoisotopic (exact) mass is 185 g/mol. The van der Waals surface area contributed by atoms with Gasteiger partial charge in [-0.2, -0.15) is 0 Å². The van der Waals surface area contributed by atoms with Crippen LogP contribution in [-0.4, -0.2) is 12.5 Å². The lowest BCUT2D eigenvalue weighted by Crippen LogP contribution is -2.24. The second kappa shape index (κ2) is 8.09. The highest BCUT2D eigenvalue weighted by Gasteiger charge is 2.00. The molecule has 0 aromatic carbocycles. The first-order chi connectivity index (χ1) is 6.20. The Hall–Kier alpha value is -0.530. The molecule has 2 nitrogen and oxygen atoms in total. The van der Waals surface area contributed by atoms with E-state index in [1.165, 1.54) is 12.8 Å². The van der Waals surface area contributed by atoms with Gasteiger partial charge in [0.05, 0.1) is 0 Å². The number of rotatable bonds is 7. The number of hydrogen-bond acceptors (Lipinski definition) is 1. The number of carbonyl (C=O) groups is 1. The Morgan fingerprint density at radius 1 is 1.38 bits per heavy atom. The first kappa shape index (κ1) is 12.5. The van der Waals surface area contributed by atoms with Crippen LogP contribution in [0.15, 0.2) is 0 Å². The SMILES string of the molecule is CCCC(=O)NCCCC(C)CC. The Morgan fingerprint density at radius 3 is 2.62 bits per heavy atom. The molecule has 1 atom stereocenters. The lowest BCUT2D eigenvalue weighted by atomic mass is 10.0. The highest BCUT2D eigenvalue weighted by Crippen LogP contribution is 2.07. The molecule has 0 aromatic heterocycles. The molecule has 0 spiro atoms. The van der Waals surface area contributed by atoms with Crippen molar-refractivity contribution in [2.24, 2.45) is 5.92 Å². The van der Waals surface area contributed by atoms with E-state index in [-0.39, 0.29) is 5.91 Å². The highest BCUT2D eigenvalue weighted by atomic mass is 16.1. The van der Waals surface area contributed by atoms with Crippen LogP contribution in [0.4, 0.5) is 0 Å². The van der Waals surface area contributed by atoms with E-state index in [0.717, 1.165) is 25.3 Å². The summed E-state index contributed by atoms with van der Waals surface area (Å²) in [6, 6.07) is 0. The zero-order valence-electron chi connectivity index (χ0n) is 9.23. The molecular formula is C11H23NO. The summed E-state index contributed by atoms with van der Waals surface area (Å²) in [5, 5.41) is 2.92. The lowest BCUT2D eigenvalue weighted by Gasteiger charge is -2.08. The van der Waals surface area contributed by atoms with Crippen LogP contribution in [0.2, 0.25) is 0 Å². The molecule has 0 saturated carbocycles. The Morgan fingerprint density at radius 2 is 2.08 bits per heavy atom. The van der Waals surface area contributed by atoms with Gasteiger partial charge in [-0.05, 0) is 25.2 Å². The molecule has 78 valence electrons. The van der Waals surface area contributed by atoms with Crippen molar-refractivity contribution < 1.29 is 4.79 Å². The van der Waals surface area contributed by atoms with Gasteiger partial charge in [-0.1, -0.05) is 27.2 Å². The quantitative estimate of drug-likeness (QED) is 0.607. The minimum atomic E-state index is 0.201. The van der Waals surface area contributed by atoms with E-state index in [1.807, 2.05) is 6.92 Å². The Labute approximate surface area is 82.1 Å². The molecule has 0 aromatic rings. The van der Waals surface area contributed by atoms with Crippen molar-refractivity contribution in [2.75, 3.05) is 6.54 Å². The van der Waals surface area contributed by atoms with Gasteiger partial charge in [-0.25, -0.2) is 0 Å². The van der Waals surface area contributed by atoms with Gasteiger partial charge in [0, 0.05) is 13.0 Å². The summed E-state index contributed by atoms with van der Waals surface area (Å²) in [6.45, 7) is 7.34. The third kappa shape index (κ3) is 7.82. The number of amides is 1. The van der Waals surface area contributed by atoms with Crippen molar-refractivity contribution in [1.29, 1.82) is 0 Å². The van der Waals surface area contributed by atoms with Gasteiger partial charge in [0.25, 0.3) is 0 Å². The third-order valence-corrected chi connectivity index (χ3v) is 2.37. The van der Waals surface area contributed by atoms with E-state index in [2.05, 4.69) is 19.2 Å². The molecule has 13 heavy (non-hydrogen) atoms. The van der Waals surface area contributed by atoms with E-state index >= 15 is 0 Å². The predicted molar refractivity (Wildman–Crippen MR) is 56.6 cm³/mol. The van der Waals surface area contributed by atoms with E-state index in [9.17, 15) is 4.79 Å². The second-order valence-corrected chi connectivity index (χ2v) is 3.76. The van der Waals surface area contributed by atoms with Crippen LogP contribution in [0.3, 0.4) is 0 Å². The van der Waals surface area contributed by atoms with Gasteiger partial charge in [-0.15, -0.1) is 0 Å². The lowest BCUT2D eigenvalue weighted by molar-refractivity contribution is -0.121. The van der Waals surface area contributed by atoms with E-state index in [0.29, 0.717) is 6.42 Å². The maximum atomic E-state index is 11.0. The van der Waals surface area contributed by atoms with Crippen molar-refractivity contribution >= 4 is 5.91 Å². The number of carbonyl (C=O) groups excluding carboxylic acids is 1. The molecule has 0 aliphatic rings. The summed E-state index contributed by atoms with van der Waals surface area (Å²) >= 11 is 0. The van der Waals surface area contributed by atoms with Gasteiger partial charge < -0.3 is 5.32 Å². The molecule has 0 bridgehead atoms. The molecule has 0 aliphatic heterocycles. The van der Waals surface area contributed by atoms with Crippen LogP contribution in [0.5, 0.6) is 0 Å². The molecular weight excluding hydrogens is 162 g/mol. The Balaban J connectivity index is 3.20. The molecule has 1 amide bonds.